The highest BCUT2D eigenvalue weighted by atomic mass is 32.1. The van der Waals surface area contributed by atoms with Gasteiger partial charge in [0, 0.05) is 0 Å². The summed E-state index contributed by atoms with van der Waals surface area (Å²) in [5, 5.41) is 28.2. The van der Waals surface area contributed by atoms with Gasteiger partial charge in [-0.15, -0.1) is 0 Å². The summed E-state index contributed by atoms with van der Waals surface area (Å²) in [6, 6.07) is 0. The minimum atomic E-state index is -1.12. The Morgan fingerprint density at radius 2 is 1.38 bits per heavy atom. The Bertz CT molecular complexity index is 294. The molecule has 0 aromatic carbocycles. The zero-order valence-corrected chi connectivity index (χ0v) is 13.9. The van der Waals surface area contributed by atoms with E-state index in [1.165, 1.54) is 38.5 Å². The second-order valence-corrected chi connectivity index (χ2v) is 6.16. The van der Waals surface area contributed by atoms with Crippen molar-refractivity contribution in [2.24, 2.45) is 0 Å². The predicted octanol–water partition coefficient (Wildman–Crippen LogP) is 3.47. The molecular formula is C16H30O4S. The van der Waals surface area contributed by atoms with Crippen LogP contribution in [0.3, 0.4) is 0 Å². The molecule has 2 atom stereocenters. The van der Waals surface area contributed by atoms with Gasteiger partial charge >= 0.3 is 5.97 Å². The van der Waals surface area contributed by atoms with Gasteiger partial charge in [0.1, 0.15) is 0 Å². The molecule has 0 spiro atoms. The molecule has 0 aromatic heterocycles. The Hall–Kier alpha value is -0.520. The molecule has 0 aliphatic carbocycles. The van der Waals surface area contributed by atoms with Gasteiger partial charge in [-0.3, -0.25) is 0 Å². The van der Waals surface area contributed by atoms with E-state index in [2.05, 4.69) is 19.1 Å². The number of carboxylic acid groups (broad SMARTS) is 1. The summed E-state index contributed by atoms with van der Waals surface area (Å²) >= 11 is 4.66. The topological polar surface area (TPSA) is 77.8 Å². The number of aliphatic carboxylic acids is 1. The van der Waals surface area contributed by atoms with Gasteiger partial charge in [0.05, 0.1) is 17.1 Å². The van der Waals surface area contributed by atoms with Gasteiger partial charge in [0.25, 0.3) is 0 Å². The molecule has 0 rings (SSSR count). The molecule has 0 saturated carbocycles. The lowest BCUT2D eigenvalue weighted by Crippen LogP contribution is -2.27. The maximum absolute atomic E-state index is 10.5. The van der Waals surface area contributed by atoms with Crippen LogP contribution in [-0.2, 0) is 4.79 Å². The summed E-state index contributed by atoms with van der Waals surface area (Å²) in [6.45, 7) is 2.20. The van der Waals surface area contributed by atoms with E-state index in [1.54, 1.807) is 0 Å². The van der Waals surface area contributed by atoms with Crippen molar-refractivity contribution in [3.05, 3.63) is 0 Å². The van der Waals surface area contributed by atoms with E-state index in [1.807, 2.05) is 0 Å². The van der Waals surface area contributed by atoms with Crippen LogP contribution < -0.4 is 0 Å². The van der Waals surface area contributed by atoms with Crippen LogP contribution in [0.5, 0.6) is 0 Å². The van der Waals surface area contributed by atoms with Crippen LogP contribution in [0.15, 0.2) is 0 Å². The first kappa shape index (κ1) is 20.5. The van der Waals surface area contributed by atoms with Crippen LogP contribution in [-0.4, -0.2) is 38.4 Å². The van der Waals surface area contributed by atoms with Gasteiger partial charge in [0.2, 0.25) is 0 Å². The smallest absolute Gasteiger partial charge is 0.342 e. The van der Waals surface area contributed by atoms with Crippen molar-refractivity contribution < 1.29 is 20.1 Å². The molecule has 0 aliphatic rings. The second kappa shape index (κ2) is 13.2. The molecule has 0 amide bonds. The Morgan fingerprint density at radius 3 is 1.90 bits per heavy atom. The maximum atomic E-state index is 10.5. The second-order valence-electron chi connectivity index (χ2n) is 5.67. The van der Waals surface area contributed by atoms with Crippen LogP contribution in [0, 0.1) is 0 Å². The third kappa shape index (κ3) is 11.8. The fourth-order valence-corrected chi connectivity index (χ4v) is 2.38. The number of carbonyl (C=O) groups is 1. The van der Waals surface area contributed by atoms with Gasteiger partial charge in [-0.05, 0) is 19.3 Å². The summed E-state index contributed by atoms with van der Waals surface area (Å²) < 4.78 is 0. The van der Waals surface area contributed by atoms with E-state index in [0.29, 0.717) is 6.42 Å². The first-order chi connectivity index (χ1) is 9.99. The number of thiocarbonyl (C=S) groups is 1. The number of aliphatic hydroxyl groups excluding tert-OH is 2. The Morgan fingerprint density at radius 1 is 0.905 bits per heavy atom. The molecule has 3 N–H and O–H groups in total. The molecule has 0 heterocycles. The zero-order chi connectivity index (χ0) is 16.1. The van der Waals surface area contributed by atoms with Crippen LogP contribution in [0.2, 0.25) is 0 Å². The molecule has 0 fully saturated rings. The number of carboxylic acids is 1. The summed E-state index contributed by atoms with van der Waals surface area (Å²) in [5.74, 6) is -1.12. The third-order valence-corrected chi connectivity index (χ3v) is 4.08. The number of hydrogen-bond acceptors (Lipinski definition) is 4. The van der Waals surface area contributed by atoms with Crippen molar-refractivity contribution in [3.8, 4) is 0 Å². The average molecular weight is 318 g/mol. The van der Waals surface area contributed by atoms with Crippen LogP contribution in [0.1, 0.15) is 77.6 Å². The predicted molar refractivity (Wildman–Crippen MR) is 88.7 cm³/mol. The number of rotatable bonds is 14. The molecule has 4 nitrogen and oxygen atoms in total. The lowest BCUT2D eigenvalue weighted by Gasteiger charge is -2.17. The highest BCUT2D eigenvalue weighted by molar-refractivity contribution is 7.82. The molecule has 21 heavy (non-hydrogen) atoms. The van der Waals surface area contributed by atoms with Crippen molar-refractivity contribution in [3.63, 3.8) is 0 Å². The van der Waals surface area contributed by atoms with E-state index in [-0.39, 0.29) is 17.7 Å². The van der Waals surface area contributed by atoms with Gasteiger partial charge in [-0.25, -0.2) is 4.79 Å². The minimum absolute atomic E-state index is 0.0895. The number of aliphatic hydroxyl groups is 2. The van der Waals surface area contributed by atoms with Gasteiger partial charge in [-0.1, -0.05) is 70.5 Å². The fraction of sp³-hybridized carbons (Fsp3) is 0.875. The van der Waals surface area contributed by atoms with Gasteiger partial charge < -0.3 is 15.3 Å². The van der Waals surface area contributed by atoms with Crippen molar-refractivity contribution in [2.45, 2.75) is 89.8 Å². The summed E-state index contributed by atoms with van der Waals surface area (Å²) in [7, 11) is 0. The molecule has 0 aromatic rings. The van der Waals surface area contributed by atoms with E-state index in [0.717, 1.165) is 12.8 Å². The fourth-order valence-electron chi connectivity index (χ4n) is 2.26. The zero-order valence-electron chi connectivity index (χ0n) is 13.1. The van der Waals surface area contributed by atoms with Crippen LogP contribution in [0.4, 0.5) is 0 Å². The van der Waals surface area contributed by atoms with Crippen molar-refractivity contribution >= 4 is 23.1 Å². The third-order valence-electron chi connectivity index (χ3n) is 3.70. The summed E-state index contributed by atoms with van der Waals surface area (Å²) in [5.41, 5.74) is 0. The molecule has 124 valence electrons. The molecule has 0 bridgehead atoms. The SMILES string of the molecule is CCCCCCCCCCC(O)C(O)CCC(=S)C(=O)O. The number of unbranched alkanes of at least 4 members (excludes halogenated alkanes) is 7. The Balaban J connectivity index is 3.53. The molecule has 5 heteroatoms. The van der Waals surface area contributed by atoms with Crippen molar-refractivity contribution in [1.82, 2.24) is 0 Å². The standard InChI is InChI=1S/C16H30O4S/c1-2-3-4-5-6-7-8-9-10-13(17)14(18)11-12-15(21)16(19)20/h13-14,17-18H,2-12H2,1H3,(H,19,20). The van der Waals surface area contributed by atoms with Gasteiger partial charge in [-0.2, -0.15) is 0 Å². The Labute approximate surface area is 133 Å². The average Bonchev–Trinajstić information content (AvgIpc) is 2.46. The van der Waals surface area contributed by atoms with E-state index >= 15 is 0 Å². The first-order valence-corrected chi connectivity index (χ1v) is 8.52. The monoisotopic (exact) mass is 318 g/mol. The molecule has 0 saturated heterocycles. The summed E-state index contributed by atoms with van der Waals surface area (Å²) in [6.07, 6.45) is 8.80. The highest BCUT2D eigenvalue weighted by Crippen LogP contribution is 2.14. The van der Waals surface area contributed by atoms with E-state index in [4.69, 9.17) is 5.11 Å². The van der Waals surface area contributed by atoms with E-state index < -0.39 is 18.2 Å². The van der Waals surface area contributed by atoms with E-state index in [9.17, 15) is 15.0 Å². The lowest BCUT2D eigenvalue weighted by atomic mass is 10.0. The molecule has 0 aliphatic heterocycles. The quantitative estimate of drug-likeness (QED) is 0.338. The summed E-state index contributed by atoms with van der Waals surface area (Å²) in [4.78, 5) is 10.4. The normalized spacial score (nSPS) is 13.9. The highest BCUT2D eigenvalue weighted by Gasteiger charge is 2.17. The van der Waals surface area contributed by atoms with Crippen molar-refractivity contribution in [1.29, 1.82) is 0 Å². The minimum Gasteiger partial charge on any atom is -0.477 e. The molecular weight excluding hydrogens is 288 g/mol. The lowest BCUT2D eigenvalue weighted by molar-refractivity contribution is -0.129. The largest absolute Gasteiger partial charge is 0.477 e. The number of hydrogen-bond donors (Lipinski definition) is 3. The molecule has 2 unspecified atom stereocenters. The van der Waals surface area contributed by atoms with Crippen molar-refractivity contribution in [2.75, 3.05) is 0 Å². The first-order valence-electron chi connectivity index (χ1n) is 8.11. The maximum Gasteiger partial charge on any atom is 0.342 e. The Kier molecular flexibility index (Phi) is 12.8. The van der Waals surface area contributed by atoms with Gasteiger partial charge in [0.15, 0.2) is 0 Å². The molecule has 0 radical (unpaired) electrons. The van der Waals surface area contributed by atoms with Crippen LogP contribution in [0.25, 0.3) is 0 Å². The van der Waals surface area contributed by atoms with Crippen LogP contribution >= 0.6 is 12.2 Å².